The van der Waals surface area contributed by atoms with E-state index in [4.69, 9.17) is 0 Å². The summed E-state index contributed by atoms with van der Waals surface area (Å²) in [5.74, 6) is 0.591. The summed E-state index contributed by atoms with van der Waals surface area (Å²) in [5.41, 5.74) is 1.31. The minimum Gasteiger partial charge on any atom is -0.0788 e. The van der Waals surface area contributed by atoms with E-state index >= 15 is 0 Å². The van der Waals surface area contributed by atoms with E-state index in [-0.39, 0.29) is 0 Å². The molecule has 1 aromatic rings. The van der Waals surface area contributed by atoms with Crippen molar-refractivity contribution in [2.45, 2.75) is 19.8 Å². The van der Waals surface area contributed by atoms with Gasteiger partial charge in [-0.1, -0.05) is 18.5 Å². The van der Waals surface area contributed by atoms with Crippen LogP contribution < -0.4 is 4.68 Å². The van der Waals surface area contributed by atoms with Crippen LogP contribution in [0.3, 0.4) is 0 Å². The summed E-state index contributed by atoms with van der Waals surface area (Å²) in [4.78, 5) is 0. The van der Waals surface area contributed by atoms with Gasteiger partial charge in [-0.15, -0.1) is 0 Å². The summed E-state index contributed by atoms with van der Waals surface area (Å²) in [7, 11) is 1.98. The molecule has 50 valence electrons. The zero-order valence-corrected chi connectivity index (χ0v) is 6.77. The second-order valence-corrected chi connectivity index (χ2v) is 3.02. The number of nitrogens with zero attached hydrogens (tertiary/aromatic N) is 2. The van der Waals surface area contributed by atoms with E-state index in [0.29, 0.717) is 5.92 Å². The highest BCUT2D eigenvalue weighted by Crippen LogP contribution is 2.08. The summed E-state index contributed by atoms with van der Waals surface area (Å²) >= 11 is 1.51. The Morgan fingerprint density at radius 2 is 2.33 bits per heavy atom. The fourth-order valence-electron chi connectivity index (χ4n) is 0.781. The maximum Gasteiger partial charge on any atom is 0.223 e. The number of aryl methyl sites for hydroxylation is 1. The molecular formula is C6H11N2S+. The Morgan fingerprint density at radius 1 is 1.67 bits per heavy atom. The Bertz CT molecular complexity index is 193. The van der Waals surface area contributed by atoms with Crippen LogP contribution in [0.2, 0.25) is 0 Å². The molecule has 0 amide bonds. The summed E-state index contributed by atoms with van der Waals surface area (Å²) in [5, 5.41) is 2.09. The van der Waals surface area contributed by atoms with Crippen molar-refractivity contribution in [2.24, 2.45) is 7.05 Å². The van der Waals surface area contributed by atoms with E-state index < -0.39 is 0 Å². The summed E-state index contributed by atoms with van der Waals surface area (Å²) < 4.78 is 6.02. The molecule has 0 bridgehead atoms. The molecule has 1 aromatic heterocycles. The lowest BCUT2D eigenvalue weighted by Crippen LogP contribution is -2.34. The molecule has 3 heteroatoms. The minimum absolute atomic E-state index is 0.591. The van der Waals surface area contributed by atoms with Crippen molar-refractivity contribution >= 4 is 11.5 Å². The molecular weight excluding hydrogens is 132 g/mol. The zero-order chi connectivity index (χ0) is 6.85. The minimum atomic E-state index is 0.591. The van der Waals surface area contributed by atoms with Crippen LogP contribution in [0.15, 0.2) is 5.38 Å². The van der Waals surface area contributed by atoms with Crippen molar-refractivity contribution < 1.29 is 4.68 Å². The van der Waals surface area contributed by atoms with E-state index in [0.717, 1.165) is 0 Å². The van der Waals surface area contributed by atoms with Crippen molar-refractivity contribution in [3.05, 3.63) is 11.1 Å². The zero-order valence-electron chi connectivity index (χ0n) is 5.96. The standard InChI is InChI=1S/C6H11N2S/c1-5(2)6-4-9-7-8(6)3/h4-5H,1-3H3/q+1. The van der Waals surface area contributed by atoms with Gasteiger partial charge in [-0.05, 0) is 0 Å². The molecule has 0 saturated heterocycles. The van der Waals surface area contributed by atoms with Crippen molar-refractivity contribution in [3.8, 4) is 0 Å². The van der Waals surface area contributed by atoms with Crippen LogP contribution in [0.5, 0.6) is 0 Å². The molecule has 0 aliphatic rings. The van der Waals surface area contributed by atoms with Crippen molar-refractivity contribution in [1.82, 2.24) is 4.49 Å². The third-order valence-corrected chi connectivity index (χ3v) is 1.99. The lowest BCUT2D eigenvalue weighted by Gasteiger charge is -1.91. The van der Waals surface area contributed by atoms with Crippen molar-refractivity contribution in [1.29, 1.82) is 0 Å². The van der Waals surface area contributed by atoms with Crippen molar-refractivity contribution in [3.63, 3.8) is 0 Å². The number of hydrogen-bond donors (Lipinski definition) is 0. The van der Waals surface area contributed by atoms with E-state index in [1.54, 1.807) is 0 Å². The molecule has 0 aromatic carbocycles. The topological polar surface area (TPSA) is 16.8 Å². The fourth-order valence-corrected chi connectivity index (χ4v) is 1.60. The maximum atomic E-state index is 4.10. The van der Waals surface area contributed by atoms with Gasteiger partial charge in [0.2, 0.25) is 5.69 Å². The van der Waals surface area contributed by atoms with Crippen LogP contribution in [0.4, 0.5) is 0 Å². The monoisotopic (exact) mass is 143 g/mol. The Kier molecular flexibility index (Phi) is 1.81. The highest BCUT2D eigenvalue weighted by molar-refractivity contribution is 7.03. The molecule has 0 aliphatic heterocycles. The first-order chi connectivity index (χ1) is 4.22. The van der Waals surface area contributed by atoms with E-state index in [9.17, 15) is 0 Å². The Hall–Kier alpha value is -0.440. The third-order valence-electron chi connectivity index (χ3n) is 1.31. The second-order valence-electron chi connectivity index (χ2n) is 2.41. The molecule has 0 atom stereocenters. The third kappa shape index (κ3) is 1.27. The largest absolute Gasteiger partial charge is 0.223 e. The smallest absolute Gasteiger partial charge is 0.0788 e. The lowest BCUT2D eigenvalue weighted by atomic mass is 10.2. The van der Waals surface area contributed by atoms with Gasteiger partial charge in [-0.3, -0.25) is 0 Å². The van der Waals surface area contributed by atoms with Gasteiger partial charge in [0.15, 0.2) is 7.05 Å². The van der Waals surface area contributed by atoms with Crippen LogP contribution >= 0.6 is 11.5 Å². The molecule has 0 unspecified atom stereocenters. The van der Waals surface area contributed by atoms with Crippen LogP contribution in [0, 0.1) is 0 Å². The quantitative estimate of drug-likeness (QED) is 0.538. The average molecular weight is 143 g/mol. The van der Waals surface area contributed by atoms with Crippen molar-refractivity contribution in [2.75, 3.05) is 0 Å². The predicted molar refractivity (Wildman–Crippen MR) is 37.4 cm³/mol. The molecule has 0 fully saturated rings. The Morgan fingerprint density at radius 3 is 2.56 bits per heavy atom. The molecule has 0 aliphatic carbocycles. The highest BCUT2D eigenvalue weighted by atomic mass is 32.1. The molecule has 0 saturated carbocycles. The van der Waals surface area contributed by atoms with Gasteiger partial charge < -0.3 is 0 Å². The Labute approximate surface area is 59.3 Å². The van der Waals surface area contributed by atoms with Gasteiger partial charge in [-0.2, -0.15) is 0 Å². The lowest BCUT2D eigenvalue weighted by molar-refractivity contribution is -0.730. The van der Waals surface area contributed by atoms with Gasteiger partial charge in [0.25, 0.3) is 0 Å². The number of aromatic nitrogens is 2. The van der Waals surface area contributed by atoms with E-state index in [1.165, 1.54) is 17.2 Å². The molecule has 9 heavy (non-hydrogen) atoms. The summed E-state index contributed by atoms with van der Waals surface area (Å²) in [6, 6.07) is 0. The first kappa shape index (κ1) is 6.68. The summed E-state index contributed by atoms with van der Waals surface area (Å²) in [6.45, 7) is 4.34. The van der Waals surface area contributed by atoms with Crippen LogP contribution in [-0.2, 0) is 7.05 Å². The molecule has 2 nitrogen and oxygen atoms in total. The SMILES string of the molecule is CC(C)c1csn[n+]1C. The van der Waals surface area contributed by atoms with Crippen LogP contribution in [-0.4, -0.2) is 4.49 Å². The number of rotatable bonds is 1. The predicted octanol–water partition coefficient (Wildman–Crippen LogP) is 1.09. The highest BCUT2D eigenvalue weighted by Gasteiger charge is 2.12. The van der Waals surface area contributed by atoms with Gasteiger partial charge in [0.1, 0.15) is 0 Å². The second kappa shape index (κ2) is 2.43. The first-order valence-corrected chi connectivity index (χ1v) is 3.86. The Balaban J connectivity index is 2.94. The van der Waals surface area contributed by atoms with Crippen LogP contribution in [0.25, 0.3) is 0 Å². The average Bonchev–Trinajstić information content (AvgIpc) is 2.13. The molecule has 1 rings (SSSR count). The molecule has 0 spiro atoms. The van der Waals surface area contributed by atoms with Gasteiger partial charge in [0.05, 0.1) is 9.87 Å². The molecule has 1 heterocycles. The molecule has 0 radical (unpaired) electrons. The maximum absolute atomic E-state index is 4.10. The molecule has 0 N–H and O–H groups in total. The van der Waals surface area contributed by atoms with Crippen LogP contribution in [0.1, 0.15) is 25.5 Å². The van der Waals surface area contributed by atoms with Gasteiger partial charge in [0, 0.05) is 17.5 Å². The van der Waals surface area contributed by atoms with E-state index in [2.05, 4.69) is 23.7 Å². The number of hydrogen-bond acceptors (Lipinski definition) is 2. The summed E-state index contributed by atoms with van der Waals surface area (Å²) in [6.07, 6.45) is 0. The fraction of sp³-hybridized carbons (Fsp3) is 0.667. The first-order valence-electron chi connectivity index (χ1n) is 3.02. The van der Waals surface area contributed by atoms with E-state index in [1.807, 2.05) is 11.7 Å². The van der Waals surface area contributed by atoms with Gasteiger partial charge >= 0.3 is 0 Å². The normalized spacial score (nSPS) is 10.7. The van der Waals surface area contributed by atoms with Gasteiger partial charge in [-0.25, -0.2) is 0 Å².